The molecule has 0 bridgehead atoms. The van der Waals surface area contributed by atoms with Gasteiger partial charge in [0, 0.05) is 23.5 Å². The van der Waals surface area contributed by atoms with Crippen LogP contribution in [0.3, 0.4) is 0 Å². The second kappa shape index (κ2) is 8.57. The van der Waals surface area contributed by atoms with Crippen molar-refractivity contribution in [1.29, 1.82) is 0 Å². The summed E-state index contributed by atoms with van der Waals surface area (Å²) in [4.78, 5) is 40.1. The Balaban J connectivity index is 1.51. The molecule has 0 saturated carbocycles. The average Bonchev–Trinajstić information content (AvgIpc) is 3.42. The molecular weight excluding hydrogens is 502 g/mol. The van der Waals surface area contributed by atoms with Gasteiger partial charge in [-0.05, 0) is 46.4 Å². The predicted octanol–water partition coefficient (Wildman–Crippen LogP) is 5.09. The smallest absolute Gasteiger partial charge is 0.414 e. The molecule has 1 heterocycles. The fourth-order valence-corrected chi connectivity index (χ4v) is 5.34. The molecular formula is C25H20BrN3O5. The van der Waals surface area contributed by atoms with E-state index in [4.69, 9.17) is 4.74 Å². The Morgan fingerprint density at radius 2 is 1.88 bits per heavy atom. The first-order chi connectivity index (χ1) is 16.4. The molecule has 0 fully saturated rings. The van der Waals surface area contributed by atoms with E-state index in [9.17, 15) is 19.7 Å². The molecule has 1 aliphatic heterocycles. The monoisotopic (exact) mass is 521 g/mol. The largest absolute Gasteiger partial charge is 0.452 e. The third kappa shape index (κ3) is 3.62. The van der Waals surface area contributed by atoms with E-state index in [1.807, 2.05) is 36.4 Å². The fourth-order valence-electron chi connectivity index (χ4n) is 4.85. The van der Waals surface area contributed by atoms with Gasteiger partial charge in [-0.1, -0.05) is 52.3 Å². The zero-order valence-electron chi connectivity index (χ0n) is 18.3. The predicted molar refractivity (Wildman–Crippen MR) is 131 cm³/mol. The Bertz CT molecular complexity index is 1360. The van der Waals surface area contributed by atoms with Gasteiger partial charge in [-0.2, -0.15) is 0 Å². The second-order valence-electron chi connectivity index (χ2n) is 8.18. The summed E-state index contributed by atoms with van der Waals surface area (Å²) < 4.78 is 5.60. The molecule has 5 rings (SSSR count). The van der Waals surface area contributed by atoms with Crippen molar-refractivity contribution >= 4 is 45.0 Å². The number of nitro benzene ring substituents is 1. The summed E-state index contributed by atoms with van der Waals surface area (Å²) in [6.45, 7) is 0.00490. The summed E-state index contributed by atoms with van der Waals surface area (Å²) in [5.74, 6) is -0.414. The van der Waals surface area contributed by atoms with Crippen LogP contribution in [0.2, 0.25) is 0 Å². The van der Waals surface area contributed by atoms with Gasteiger partial charge in [-0.3, -0.25) is 19.8 Å². The van der Waals surface area contributed by atoms with Crippen LogP contribution in [-0.4, -0.2) is 37.1 Å². The number of hydrogen-bond donors (Lipinski definition) is 0. The molecule has 0 unspecified atom stereocenters. The second-order valence-corrected chi connectivity index (χ2v) is 9.09. The van der Waals surface area contributed by atoms with E-state index in [-0.39, 0.29) is 17.9 Å². The number of carbonyl (C=O) groups is 2. The molecule has 0 spiro atoms. The normalized spacial score (nSPS) is 13.2. The summed E-state index contributed by atoms with van der Waals surface area (Å²) in [5.41, 5.74) is 5.67. The molecule has 8 nitrogen and oxygen atoms in total. The number of methoxy groups -OCH3 is 1. The summed E-state index contributed by atoms with van der Waals surface area (Å²) in [6.07, 6.45) is 0.466. The van der Waals surface area contributed by atoms with Crippen LogP contribution in [0.5, 0.6) is 0 Å². The Hall–Kier alpha value is -3.72. The first-order valence-electron chi connectivity index (χ1n) is 10.7. The number of rotatable bonds is 4. The molecule has 0 radical (unpaired) electrons. The van der Waals surface area contributed by atoms with E-state index in [2.05, 4.69) is 15.9 Å². The third-order valence-electron chi connectivity index (χ3n) is 6.31. The number of ether oxygens (including phenoxy) is 1. The van der Waals surface area contributed by atoms with Crippen LogP contribution in [0.15, 0.2) is 59.1 Å². The molecule has 172 valence electrons. The molecule has 0 aromatic heterocycles. The van der Waals surface area contributed by atoms with E-state index in [1.165, 1.54) is 23.0 Å². The number of nitrogens with zero attached hydrogens (tertiary/aromatic N) is 3. The van der Waals surface area contributed by atoms with Crippen LogP contribution in [0.4, 0.5) is 21.9 Å². The maximum absolute atomic E-state index is 13.4. The summed E-state index contributed by atoms with van der Waals surface area (Å²) in [6, 6.07) is 16.9. The minimum atomic E-state index is -0.664. The lowest BCUT2D eigenvalue weighted by atomic mass is 10.0. The molecule has 3 aromatic carbocycles. The summed E-state index contributed by atoms with van der Waals surface area (Å²) in [5, 5.41) is 11.7. The maximum atomic E-state index is 13.4. The summed E-state index contributed by atoms with van der Waals surface area (Å²) >= 11 is 3.30. The van der Waals surface area contributed by atoms with Gasteiger partial charge < -0.3 is 9.64 Å². The van der Waals surface area contributed by atoms with E-state index in [0.717, 1.165) is 27.8 Å². The topological polar surface area (TPSA) is 93.0 Å². The number of anilines is 2. The molecule has 0 N–H and O–H groups in total. The molecule has 1 aliphatic carbocycles. The minimum Gasteiger partial charge on any atom is -0.452 e. The van der Waals surface area contributed by atoms with Crippen molar-refractivity contribution in [3.05, 3.63) is 85.9 Å². The zero-order chi connectivity index (χ0) is 24.0. The number of amides is 2. The fraction of sp³-hybridized carbons (Fsp3) is 0.200. The van der Waals surface area contributed by atoms with Crippen LogP contribution in [-0.2, 0) is 22.4 Å². The number of carbonyl (C=O) groups excluding carboxylic acids is 2. The van der Waals surface area contributed by atoms with Gasteiger partial charge in [0.1, 0.15) is 12.2 Å². The molecule has 9 heteroatoms. The molecule has 3 aromatic rings. The highest BCUT2D eigenvalue weighted by Crippen LogP contribution is 2.42. The molecule has 34 heavy (non-hydrogen) atoms. The Morgan fingerprint density at radius 1 is 1.12 bits per heavy atom. The molecule has 2 aliphatic rings. The van der Waals surface area contributed by atoms with Gasteiger partial charge >= 0.3 is 6.09 Å². The first-order valence-corrected chi connectivity index (χ1v) is 11.5. The van der Waals surface area contributed by atoms with E-state index < -0.39 is 16.9 Å². The quantitative estimate of drug-likeness (QED) is 0.275. The van der Waals surface area contributed by atoms with Gasteiger partial charge in [-0.25, -0.2) is 4.79 Å². The van der Waals surface area contributed by atoms with Gasteiger partial charge in [0.15, 0.2) is 0 Å². The standard InChI is InChI=1S/C25H20BrN3O5/c1-34-25(31)28(21-8-4-7-19-18-6-3-2-5-15(18)12-20(19)21)14-23(30)27-10-9-16-11-17(26)13-22(24(16)27)29(32)33/h2-8,11,13H,9-10,12,14H2,1H3. The highest BCUT2D eigenvalue weighted by molar-refractivity contribution is 9.10. The number of fused-ring (bicyclic) bond motifs is 4. The van der Waals surface area contributed by atoms with E-state index in [0.29, 0.717) is 29.5 Å². The van der Waals surface area contributed by atoms with Crippen LogP contribution in [0.1, 0.15) is 16.7 Å². The van der Waals surface area contributed by atoms with Crippen molar-refractivity contribution in [2.24, 2.45) is 0 Å². The molecule has 0 atom stereocenters. The molecule has 0 saturated heterocycles. The van der Waals surface area contributed by atoms with Gasteiger partial charge in [-0.15, -0.1) is 0 Å². The minimum absolute atomic E-state index is 0.143. The zero-order valence-corrected chi connectivity index (χ0v) is 19.9. The van der Waals surface area contributed by atoms with Crippen molar-refractivity contribution in [3.63, 3.8) is 0 Å². The van der Waals surface area contributed by atoms with Crippen molar-refractivity contribution in [1.82, 2.24) is 0 Å². The van der Waals surface area contributed by atoms with Crippen LogP contribution in [0, 0.1) is 10.1 Å². The number of nitro groups is 1. The Morgan fingerprint density at radius 3 is 2.65 bits per heavy atom. The van der Waals surface area contributed by atoms with Gasteiger partial charge in [0.05, 0.1) is 17.7 Å². The van der Waals surface area contributed by atoms with Crippen molar-refractivity contribution in [2.75, 3.05) is 30.0 Å². The maximum Gasteiger partial charge on any atom is 0.414 e. The highest BCUT2D eigenvalue weighted by Gasteiger charge is 2.35. The Kier molecular flexibility index (Phi) is 5.57. The summed E-state index contributed by atoms with van der Waals surface area (Å²) in [7, 11) is 1.27. The van der Waals surface area contributed by atoms with Gasteiger partial charge in [0.25, 0.3) is 5.69 Å². The third-order valence-corrected chi connectivity index (χ3v) is 6.77. The van der Waals surface area contributed by atoms with Crippen molar-refractivity contribution in [2.45, 2.75) is 12.8 Å². The van der Waals surface area contributed by atoms with Crippen molar-refractivity contribution < 1.29 is 19.2 Å². The lowest BCUT2D eigenvalue weighted by molar-refractivity contribution is -0.384. The van der Waals surface area contributed by atoms with Crippen LogP contribution >= 0.6 is 15.9 Å². The number of halogens is 1. The van der Waals surface area contributed by atoms with Crippen LogP contribution in [0.25, 0.3) is 11.1 Å². The lowest BCUT2D eigenvalue weighted by Crippen LogP contribution is -2.43. The van der Waals surface area contributed by atoms with E-state index >= 15 is 0 Å². The first kappa shape index (κ1) is 22.1. The van der Waals surface area contributed by atoms with E-state index in [1.54, 1.807) is 12.1 Å². The molecule has 2 amide bonds. The average molecular weight is 522 g/mol. The van der Waals surface area contributed by atoms with Crippen LogP contribution < -0.4 is 9.80 Å². The van der Waals surface area contributed by atoms with Gasteiger partial charge in [0.2, 0.25) is 5.91 Å². The van der Waals surface area contributed by atoms with Crippen molar-refractivity contribution in [3.8, 4) is 11.1 Å². The SMILES string of the molecule is COC(=O)N(CC(=O)N1CCc2cc(Br)cc([N+](=O)[O-])c21)c1cccc2c1Cc1ccccc1-2. The lowest BCUT2D eigenvalue weighted by Gasteiger charge is -2.26. The number of benzene rings is 3. The number of hydrogen-bond acceptors (Lipinski definition) is 5. The Labute approximate surface area is 204 Å². The highest BCUT2D eigenvalue weighted by atomic mass is 79.9.